The molecule has 2 bridgehead atoms. The summed E-state index contributed by atoms with van der Waals surface area (Å²) >= 11 is 0. The molecule has 1 aliphatic carbocycles. The van der Waals surface area contributed by atoms with E-state index in [0.29, 0.717) is 12.8 Å². The minimum atomic E-state index is -0.547. The van der Waals surface area contributed by atoms with Crippen LogP contribution in [0, 0.1) is 17.3 Å². The summed E-state index contributed by atoms with van der Waals surface area (Å²) in [7, 11) is 0. The van der Waals surface area contributed by atoms with Crippen LogP contribution in [0.1, 0.15) is 37.9 Å². The molecule has 4 rings (SSSR count). The molecule has 5 atom stereocenters. The van der Waals surface area contributed by atoms with Crippen molar-refractivity contribution in [3.8, 4) is 0 Å². The molecule has 2 aliphatic heterocycles. The molecule has 5 heteroatoms. The minimum Gasteiger partial charge on any atom is -0.472 e. The van der Waals surface area contributed by atoms with E-state index in [0.717, 1.165) is 12.0 Å². The largest absolute Gasteiger partial charge is 0.472 e. The zero-order valence-electron chi connectivity index (χ0n) is 11.2. The zero-order valence-corrected chi connectivity index (χ0v) is 11.2. The summed E-state index contributed by atoms with van der Waals surface area (Å²) in [5, 5.41) is 0. The standard InChI is InChI=1S/C15H16O5/c1-15-6-9(19-14(15)17)4-10-11(15)5-12(20-13(10)16)8-2-3-18-7-8/h2-3,7,9-12H,4-6H2,1H3/t9-,10+,11+,12+,15-/m1/s1. The highest BCUT2D eigenvalue weighted by molar-refractivity contribution is 5.83. The van der Waals surface area contributed by atoms with Crippen LogP contribution < -0.4 is 0 Å². The van der Waals surface area contributed by atoms with Crippen molar-refractivity contribution in [2.24, 2.45) is 17.3 Å². The Bertz CT molecular complexity index is 563. The Morgan fingerprint density at radius 1 is 1.25 bits per heavy atom. The summed E-state index contributed by atoms with van der Waals surface area (Å²) in [6, 6.07) is 1.80. The van der Waals surface area contributed by atoms with Crippen LogP contribution >= 0.6 is 0 Å². The average molecular weight is 276 g/mol. The molecule has 1 aromatic heterocycles. The summed E-state index contributed by atoms with van der Waals surface area (Å²) in [5.41, 5.74) is 0.309. The van der Waals surface area contributed by atoms with Gasteiger partial charge in [0, 0.05) is 12.0 Å². The van der Waals surface area contributed by atoms with Crippen LogP contribution in [0.2, 0.25) is 0 Å². The van der Waals surface area contributed by atoms with Crippen molar-refractivity contribution in [2.45, 2.75) is 38.4 Å². The highest BCUT2D eigenvalue weighted by atomic mass is 16.6. The van der Waals surface area contributed by atoms with E-state index >= 15 is 0 Å². The molecule has 0 N–H and O–H groups in total. The Balaban J connectivity index is 1.69. The normalized spacial score (nSPS) is 42.9. The Hall–Kier alpha value is -1.78. The Kier molecular flexibility index (Phi) is 2.32. The molecule has 3 aliphatic rings. The van der Waals surface area contributed by atoms with E-state index in [1.54, 1.807) is 18.6 Å². The third-order valence-electron chi connectivity index (χ3n) is 5.16. The molecule has 0 unspecified atom stereocenters. The summed E-state index contributed by atoms with van der Waals surface area (Å²) in [6.07, 6.45) is 4.71. The van der Waals surface area contributed by atoms with Crippen molar-refractivity contribution in [1.29, 1.82) is 0 Å². The fourth-order valence-corrected chi connectivity index (χ4v) is 4.06. The molecule has 106 valence electrons. The second kappa shape index (κ2) is 3.87. The molecule has 2 saturated heterocycles. The number of esters is 2. The van der Waals surface area contributed by atoms with Crippen LogP contribution in [0.3, 0.4) is 0 Å². The Morgan fingerprint density at radius 3 is 2.85 bits per heavy atom. The summed E-state index contributed by atoms with van der Waals surface area (Å²) < 4.78 is 16.0. The molecule has 0 radical (unpaired) electrons. The molecule has 0 aromatic carbocycles. The van der Waals surface area contributed by atoms with Crippen LogP contribution in [-0.4, -0.2) is 18.0 Å². The number of ether oxygens (including phenoxy) is 2. The molecule has 1 aromatic rings. The van der Waals surface area contributed by atoms with Gasteiger partial charge in [-0.25, -0.2) is 0 Å². The molecule has 20 heavy (non-hydrogen) atoms. The quantitative estimate of drug-likeness (QED) is 0.736. The maximum absolute atomic E-state index is 12.3. The van der Waals surface area contributed by atoms with Crippen LogP contribution in [0.25, 0.3) is 0 Å². The third kappa shape index (κ3) is 1.49. The summed E-state index contributed by atoms with van der Waals surface area (Å²) in [6.45, 7) is 1.93. The van der Waals surface area contributed by atoms with Gasteiger partial charge >= 0.3 is 11.9 Å². The molecule has 3 fully saturated rings. The highest BCUT2D eigenvalue weighted by Gasteiger charge is 2.61. The van der Waals surface area contributed by atoms with E-state index in [1.165, 1.54) is 0 Å². The van der Waals surface area contributed by atoms with Gasteiger partial charge in [-0.15, -0.1) is 0 Å². The minimum absolute atomic E-state index is 0.00472. The fraction of sp³-hybridized carbons (Fsp3) is 0.600. The monoisotopic (exact) mass is 276 g/mol. The maximum atomic E-state index is 12.3. The number of carbonyl (C=O) groups is 2. The number of hydrogen-bond donors (Lipinski definition) is 0. The van der Waals surface area contributed by atoms with Crippen LogP contribution in [0.4, 0.5) is 0 Å². The van der Waals surface area contributed by atoms with Crippen molar-refractivity contribution in [2.75, 3.05) is 0 Å². The van der Waals surface area contributed by atoms with Gasteiger partial charge in [-0.1, -0.05) is 0 Å². The Morgan fingerprint density at radius 2 is 2.10 bits per heavy atom. The van der Waals surface area contributed by atoms with E-state index in [-0.39, 0.29) is 36.0 Å². The molecule has 0 spiro atoms. The first-order valence-corrected chi connectivity index (χ1v) is 7.01. The summed E-state index contributed by atoms with van der Waals surface area (Å²) in [4.78, 5) is 24.4. The third-order valence-corrected chi connectivity index (χ3v) is 5.16. The number of furan rings is 1. The van der Waals surface area contributed by atoms with Gasteiger partial charge < -0.3 is 13.9 Å². The second-order valence-electron chi connectivity index (χ2n) is 6.32. The first-order valence-electron chi connectivity index (χ1n) is 7.01. The van der Waals surface area contributed by atoms with Crippen molar-refractivity contribution in [3.05, 3.63) is 24.2 Å². The molecule has 5 nitrogen and oxygen atoms in total. The van der Waals surface area contributed by atoms with Gasteiger partial charge in [0.05, 0.1) is 23.9 Å². The van der Waals surface area contributed by atoms with Crippen molar-refractivity contribution in [3.63, 3.8) is 0 Å². The number of rotatable bonds is 1. The molecular weight excluding hydrogens is 260 g/mol. The first-order chi connectivity index (χ1) is 9.58. The van der Waals surface area contributed by atoms with Gasteiger partial charge in [-0.2, -0.15) is 0 Å². The first kappa shape index (κ1) is 12.0. The lowest BCUT2D eigenvalue weighted by atomic mass is 9.60. The van der Waals surface area contributed by atoms with Gasteiger partial charge in [0.25, 0.3) is 0 Å². The van der Waals surface area contributed by atoms with Crippen LogP contribution in [0.15, 0.2) is 23.0 Å². The molecule has 3 heterocycles. The van der Waals surface area contributed by atoms with E-state index in [9.17, 15) is 9.59 Å². The topological polar surface area (TPSA) is 65.7 Å². The lowest BCUT2D eigenvalue weighted by Gasteiger charge is -2.43. The number of fused-ring (bicyclic) bond motifs is 4. The van der Waals surface area contributed by atoms with Gasteiger partial charge in [0.15, 0.2) is 0 Å². The van der Waals surface area contributed by atoms with Crippen molar-refractivity contribution in [1.82, 2.24) is 0 Å². The summed E-state index contributed by atoms with van der Waals surface area (Å²) in [5.74, 6) is -0.583. The average Bonchev–Trinajstić information content (AvgIpc) is 3.00. The van der Waals surface area contributed by atoms with Gasteiger partial charge in [-0.3, -0.25) is 9.59 Å². The SMILES string of the molecule is C[C@@]12C[C@@H](C[C@@H]3C(=O)O[C@H](c4ccoc4)C[C@@H]31)OC2=O. The van der Waals surface area contributed by atoms with E-state index in [4.69, 9.17) is 13.9 Å². The van der Waals surface area contributed by atoms with Crippen LogP contribution in [-0.2, 0) is 19.1 Å². The number of cyclic esters (lactones) is 1. The smallest absolute Gasteiger partial charge is 0.312 e. The van der Waals surface area contributed by atoms with E-state index < -0.39 is 5.41 Å². The van der Waals surface area contributed by atoms with E-state index in [2.05, 4.69) is 0 Å². The lowest BCUT2D eigenvalue weighted by molar-refractivity contribution is -0.174. The zero-order chi connectivity index (χ0) is 13.9. The lowest BCUT2D eigenvalue weighted by Crippen LogP contribution is -2.47. The van der Waals surface area contributed by atoms with Crippen molar-refractivity contribution >= 4 is 11.9 Å². The number of hydrogen-bond acceptors (Lipinski definition) is 5. The highest BCUT2D eigenvalue weighted by Crippen LogP contribution is 2.56. The van der Waals surface area contributed by atoms with Gasteiger partial charge in [0.2, 0.25) is 0 Å². The fourth-order valence-electron chi connectivity index (χ4n) is 4.06. The van der Waals surface area contributed by atoms with E-state index in [1.807, 2.05) is 6.92 Å². The predicted octanol–water partition coefficient (Wildman–Crippen LogP) is 2.23. The van der Waals surface area contributed by atoms with Crippen LogP contribution in [0.5, 0.6) is 0 Å². The van der Waals surface area contributed by atoms with Gasteiger partial charge in [0.1, 0.15) is 12.2 Å². The number of carbonyl (C=O) groups excluding carboxylic acids is 2. The molecule has 1 saturated carbocycles. The predicted molar refractivity (Wildman–Crippen MR) is 66.4 cm³/mol. The molecule has 0 amide bonds. The maximum Gasteiger partial charge on any atom is 0.312 e. The second-order valence-corrected chi connectivity index (χ2v) is 6.32. The molecular formula is C15H16O5. The van der Waals surface area contributed by atoms with Gasteiger partial charge in [-0.05, 0) is 31.7 Å². The van der Waals surface area contributed by atoms with Crippen molar-refractivity contribution < 1.29 is 23.5 Å². The Labute approximate surface area is 116 Å².